The first-order chi connectivity index (χ1) is 45.1. The van der Waals surface area contributed by atoms with Crippen molar-refractivity contribution in [3.63, 3.8) is 0 Å². The second-order valence-corrected chi connectivity index (χ2v) is 26.4. The number of hydrogen-bond acceptors (Lipinski definition) is 12. The number of nitrogens with zero attached hydrogens (tertiary/aromatic N) is 4. The number of anilines is 6. The minimum Gasteiger partial charge on any atom is -0.497 e. The van der Waals surface area contributed by atoms with Gasteiger partial charge >= 0.3 is 0 Å². The number of rotatable bonds is 18. The van der Waals surface area contributed by atoms with Gasteiger partial charge in [-0.1, -0.05) is 0 Å². The van der Waals surface area contributed by atoms with Gasteiger partial charge in [-0.15, -0.1) is 0 Å². The first kappa shape index (κ1) is 60.0. The summed E-state index contributed by atoms with van der Waals surface area (Å²) < 4.78 is 64.1. The quantitative estimate of drug-likeness (QED) is 0.0464. The highest BCUT2D eigenvalue weighted by Gasteiger charge is 2.42. The summed E-state index contributed by atoms with van der Waals surface area (Å²) in [4.78, 5) is 4.64. The number of ether oxygens (including phenoxy) is 10. The van der Waals surface area contributed by atoms with Crippen LogP contribution in [-0.2, 0) is 0 Å². The third-order valence-electron chi connectivity index (χ3n) is 17.0. The van der Waals surface area contributed by atoms with Crippen molar-refractivity contribution in [1.82, 2.24) is 9.15 Å². The predicted molar refractivity (Wildman–Crippen MR) is 374 cm³/mol. The molecule has 458 valence electrons. The molecule has 2 aliphatic heterocycles. The van der Waals surface area contributed by atoms with E-state index in [0.717, 1.165) is 157 Å². The summed E-state index contributed by atoms with van der Waals surface area (Å²) in [5.41, 5.74) is 11.6. The van der Waals surface area contributed by atoms with E-state index in [2.05, 4.69) is 165 Å². The molecule has 16 heteroatoms. The summed E-state index contributed by atoms with van der Waals surface area (Å²) in [6.07, 6.45) is 8.81. The topological polar surface area (TPSA) is 105 Å². The van der Waals surface area contributed by atoms with E-state index >= 15 is 0 Å². The van der Waals surface area contributed by atoms with E-state index in [0.29, 0.717) is 0 Å². The molecule has 1 aliphatic carbocycles. The monoisotopic (exact) mass is 1250 g/mol. The van der Waals surface area contributed by atoms with Crippen molar-refractivity contribution in [2.24, 2.45) is 0 Å². The Morgan fingerprint density at radius 1 is 0.239 bits per heavy atom. The fourth-order valence-corrected chi connectivity index (χ4v) is 18.6. The van der Waals surface area contributed by atoms with Gasteiger partial charge in [0.2, 0.25) is 34.2 Å². The van der Waals surface area contributed by atoms with Crippen LogP contribution >= 0.6 is 0 Å². The maximum atomic E-state index is 6.18. The van der Waals surface area contributed by atoms with Gasteiger partial charge in [-0.2, -0.15) is 9.15 Å². The first-order valence-corrected chi connectivity index (χ1v) is 32.8. The van der Waals surface area contributed by atoms with E-state index < -0.39 is 17.6 Å². The van der Waals surface area contributed by atoms with Gasteiger partial charge in [-0.05, 0) is 191 Å². The van der Waals surface area contributed by atoms with Crippen molar-refractivity contribution >= 4 is 117 Å². The molecule has 13 rings (SSSR count). The molecule has 10 aromatic rings. The van der Waals surface area contributed by atoms with Gasteiger partial charge in [0.25, 0.3) is 0 Å². The van der Waals surface area contributed by atoms with E-state index in [1.165, 1.54) is 0 Å². The van der Waals surface area contributed by atoms with Gasteiger partial charge in [0.15, 0.2) is 17.6 Å². The predicted octanol–water partition coefficient (Wildman–Crippen LogP) is 11.7. The summed E-state index contributed by atoms with van der Waals surface area (Å²) in [5, 5.41) is 6.62. The van der Waals surface area contributed by atoms with Crippen LogP contribution < -0.4 is 97.4 Å². The molecule has 0 atom stereocenters. The average Bonchev–Trinajstić information content (AvgIpc) is 0.736. The number of hydrogen-bond donors (Lipinski definition) is 0. The van der Waals surface area contributed by atoms with Gasteiger partial charge in [-0.25, -0.2) is 0 Å². The van der Waals surface area contributed by atoms with Gasteiger partial charge < -0.3 is 57.2 Å². The molecule has 3 aliphatic rings. The molecule has 0 saturated carbocycles. The van der Waals surface area contributed by atoms with Crippen molar-refractivity contribution in [3.8, 4) is 57.5 Å². The van der Waals surface area contributed by atoms with Crippen molar-refractivity contribution in [2.75, 3.05) is 80.9 Å². The lowest BCUT2D eigenvalue weighted by Gasteiger charge is -2.37. The highest BCUT2D eigenvalue weighted by atomic mass is 28.3. The Morgan fingerprint density at radius 3 is 0.707 bits per heavy atom. The number of methoxy groups -OCH3 is 10. The largest absolute Gasteiger partial charge is 0.497 e. The molecule has 0 fully saturated rings. The Morgan fingerprint density at radius 2 is 0.457 bits per heavy atom. The molecule has 14 nitrogen and oxygen atoms in total. The third kappa shape index (κ3) is 11.0. The van der Waals surface area contributed by atoms with Gasteiger partial charge in [0.1, 0.15) is 57.5 Å². The maximum Gasteiger partial charge on any atom is 0.212 e. The lowest BCUT2D eigenvalue weighted by Crippen LogP contribution is -2.58. The molecular weight excluding hydrogens is 1190 g/mol. The molecule has 2 heterocycles. The van der Waals surface area contributed by atoms with Crippen molar-refractivity contribution in [3.05, 3.63) is 231 Å². The SMILES string of the molecule is COc1ccc(N2c3ccc(OC)cc3[Si](c3cc(OC)ccc3[N+](=C3C=CC(=[N+](c4ccc(OC)cc4)c4ccc(OC)cc4[Si]4c5cc(OC)ccc5N(c5ccc(OC)cc5)c5ccc(OC)cc54)C=C3)c3ccc(OC)cc3)c3cc(OC)ccc32)cc1. The molecule has 0 N–H and O–H groups in total. The molecule has 0 amide bonds. The smallest absolute Gasteiger partial charge is 0.212 e. The van der Waals surface area contributed by atoms with Crippen LogP contribution in [0.4, 0.5) is 56.9 Å². The van der Waals surface area contributed by atoms with Gasteiger partial charge in [0, 0.05) is 105 Å². The lowest BCUT2D eigenvalue weighted by atomic mass is 10.1. The van der Waals surface area contributed by atoms with Crippen LogP contribution in [0.2, 0.25) is 0 Å². The molecule has 0 aromatic heterocycles. The zero-order chi connectivity index (χ0) is 63.6. The molecule has 10 aromatic carbocycles. The molecule has 92 heavy (non-hydrogen) atoms. The standard InChI is InChI=1S/C76H68N4O10Si2/c1-81-55-23-15-51(16-24-55)77(65-37-31-59(85-5)43-71(65)91-73-45-61(87-7)33-39-67(73)79(53-19-27-57(83-3)28-20-53)68-40-34-62(88-8)46-74(68)91)49-11-13-50(14-12-49)78(52-17-25-56(82-2)26-18-52)66-38-32-60(86-6)44-72(66)92-75-47-63(89-9)35-41-69(75)80(54-21-29-58(84-4)30-22-54)70-42-36-64(90-10)48-76(70)92/h11-48H,1-10H3/q+2. The summed E-state index contributed by atoms with van der Waals surface area (Å²) in [5.74, 6) is 7.44. The molecule has 0 spiro atoms. The number of benzene rings is 10. The zero-order valence-electron chi connectivity index (χ0n) is 52.8. The van der Waals surface area contributed by atoms with Crippen molar-refractivity contribution in [1.29, 1.82) is 0 Å². The van der Waals surface area contributed by atoms with Crippen LogP contribution in [0.1, 0.15) is 0 Å². The molecule has 0 unspecified atom stereocenters. The summed E-state index contributed by atoms with van der Waals surface area (Å²) in [6, 6.07) is 71.2. The Kier molecular flexibility index (Phi) is 16.9. The molecule has 2 radical (unpaired) electrons. The van der Waals surface area contributed by atoms with E-state index in [-0.39, 0.29) is 0 Å². The van der Waals surface area contributed by atoms with Crippen molar-refractivity contribution < 1.29 is 47.4 Å². The Bertz CT molecular complexity index is 4140. The van der Waals surface area contributed by atoms with Gasteiger partial charge in [0.05, 0.1) is 71.1 Å². The minimum atomic E-state index is -2.00. The average molecular weight is 1250 g/mol. The van der Waals surface area contributed by atoms with Crippen LogP contribution in [-0.4, -0.2) is 100 Å². The minimum absolute atomic E-state index is 0.722. The van der Waals surface area contributed by atoms with E-state index in [9.17, 15) is 0 Å². The first-order valence-electron chi connectivity index (χ1n) is 29.8. The summed E-state index contributed by atoms with van der Waals surface area (Å²) in [7, 11) is 13.0. The van der Waals surface area contributed by atoms with Gasteiger partial charge in [-0.3, -0.25) is 0 Å². The Hall–Kier alpha value is -10.9. The summed E-state index contributed by atoms with van der Waals surface area (Å²) >= 11 is 0. The molecular formula is C76H68N4O10Si2+2. The Labute approximate surface area is 539 Å². The van der Waals surface area contributed by atoms with Crippen LogP contribution in [0.5, 0.6) is 57.5 Å². The normalized spacial score (nSPS) is 13.1. The third-order valence-corrected chi connectivity index (χ3v) is 22.6. The van der Waals surface area contributed by atoms with Crippen LogP contribution in [0.15, 0.2) is 231 Å². The van der Waals surface area contributed by atoms with Crippen molar-refractivity contribution in [2.45, 2.75) is 0 Å². The highest BCUT2D eigenvalue weighted by Crippen LogP contribution is 2.42. The number of fused-ring (bicyclic) bond motifs is 4. The van der Waals surface area contributed by atoms with E-state index in [1.54, 1.807) is 71.1 Å². The van der Waals surface area contributed by atoms with E-state index in [1.807, 2.05) is 84.9 Å². The van der Waals surface area contributed by atoms with Crippen LogP contribution in [0, 0.1) is 0 Å². The second-order valence-electron chi connectivity index (χ2n) is 21.7. The summed E-state index contributed by atoms with van der Waals surface area (Å²) in [6.45, 7) is 0. The Balaban J connectivity index is 1.04. The zero-order valence-corrected chi connectivity index (χ0v) is 54.8. The van der Waals surface area contributed by atoms with E-state index in [4.69, 9.17) is 47.4 Å². The second kappa shape index (κ2) is 25.9. The van der Waals surface area contributed by atoms with Crippen LogP contribution in [0.25, 0.3) is 0 Å². The number of allylic oxidation sites excluding steroid dienone is 4. The fraction of sp³-hybridized carbons (Fsp3) is 0.132. The molecule has 0 bridgehead atoms. The fourth-order valence-electron chi connectivity index (χ4n) is 12.4. The lowest BCUT2D eigenvalue weighted by molar-refractivity contribution is 0.414. The highest BCUT2D eigenvalue weighted by molar-refractivity contribution is 6.99. The van der Waals surface area contributed by atoms with Crippen LogP contribution in [0.3, 0.4) is 0 Å². The maximum absolute atomic E-state index is 6.18. The molecule has 0 saturated heterocycles.